The van der Waals surface area contributed by atoms with Crippen LogP contribution in [0.15, 0.2) is 69.1 Å². The zero-order valence-corrected chi connectivity index (χ0v) is 14.8. The molecule has 128 valence electrons. The molecule has 0 bridgehead atoms. The van der Waals surface area contributed by atoms with Gasteiger partial charge in [-0.25, -0.2) is 4.99 Å². The lowest BCUT2D eigenvalue weighted by Gasteiger charge is -2.12. The van der Waals surface area contributed by atoms with Crippen LogP contribution in [0.1, 0.15) is 12.7 Å². The number of hydrogen-bond acceptors (Lipinski definition) is 5. The minimum absolute atomic E-state index is 0.0381. The van der Waals surface area contributed by atoms with Gasteiger partial charge in [0.1, 0.15) is 11.5 Å². The summed E-state index contributed by atoms with van der Waals surface area (Å²) in [5, 5.41) is 0.676. The van der Waals surface area contributed by atoms with Gasteiger partial charge in [0.15, 0.2) is 5.17 Å². The third-order valence-corrected chi connectivity index (χ3v) is 4.58. The molecule has 1 aromatic carbocycles. The molecule has 1 saturated heterocycles. The Morgan fingerprint density at radius 3 is 2.72 bits per heavy atom. The molecule has 1 aliphatic rings. The summed E-state index contributed by atoms with van der Waals surface area (Å²) in [7, 11) is 1.62. The van der Waals surface area contributed by atoms with Crippen LogP contribution in [0, 0.1) is 0 Å². The van der Waals surface area contributed by atoms with Crippen molar-refractivity contribution in [1.29, 1.82) is 0 Å². The van der Waals surface area contributed by atoms with Crippen LogP contribution in [0.25, 0.3) is 6.08 Å². The smallest absolute Gasteiger partial charge is 0.266 e. The summed E-state index contributed by atoms with van der Waals surface area (Å²) in [4.78, 5) is 19.4. The topological polar surface area (TPSA) is 55.0 Å². The Balaban J connectivity index is 1.80. The number of nitrogens with zero attached hydrogens (tertiary/aromatic N) is 2. The van der Waals surface area contributed by atoms with Crippen molar-refractivity contribution in [2.45, 2.75) is 6.92 Å². The number of aliphatic imine (C=N–C) groups is 1. The van der Waals surface area contributed by atoms with Crippen LogP contribution in [-0.4, -0.2) is 29.6 Å². The van der Waals surface area contributed by atoms with Crippen LogP contribution in [0.4, 0.5) is 5.69 Å². The molecule has 2 aromatic rings. The van der Waals surface area contributed by atoms with Gasteiger partial charge in [0, 0.05) is 6.54 Å². The number of hydrogen-bond donors (Lipinski definition) is 0. The fraction of sp³-hybridized carbons (Fsp3) is 0.158. The molecule has 1 aliphatic heterocycles. The van der Waals surface area contributed by atoms with Crippen molar-refractivity contribution in [2.24, 2.45) is 4.99 Å². The van der Waals surface area contributed by atoms with Crippen molar-refractivity contribution < 1.29 is 13.9 Å². The van der Waals surface area contributed by atoms with Crippen molar-refractivity contribution in [2.75, 3.05) is 13.7 Å². The summed E-state index contributed by atoms with van der Waals surface area (Å²) in [5.74, 6) is 1.48. The van der Waals surface area contributed by atoms with Gasteiger partial charge in [-0.1, -0.05) is 6.08 Å². The van der Waals surface area contributed by atoms with E-state index in [4.69, 9.17) is 9.15 Å². The van der Waals surface area contributed by atoms with E-state index in [-0.39, 0.29) is 5.91 Å². The van der Waals surface area contributed by atoms with Crippen LogP contribution in [0.3, 0.4) is 0 Å². The van der Waals surface area contributed by atoms with E-state index in [2.05, 4.69) is 4.99 Å². The maximum Gasteiger partial charge on any atom is 0.266 e. The first-order valence-corrected chi connectivity index (χ1v) is 8.67. The Bertz CT molecular complexity index is 821. The lowest BCUT2D eigenvalue weighted by Crippen LogP contribution is -2.28. The van der Waals surface area contributed by atoms with E-state index in [9.17, 15) is 4.79 Å². The zero-order chi connectivity index (χ0) is 17.6. The Hall–Kier alpha value is -2.73. The summed E-state index contributed by atoms with van der Waals surface area (Å²) in [6.07, 6.45) is 7.02. The Morgan fingerprint density at radius 1 is 1.28 bits per heavy atom. The second kappa shape index (κ2) is 7.90. The second-order valence-electron chi connectivity index (χ2n) is 5.15. The molecule has 5 nitrogen and oxygen atoms in total. The highest BCUT2D eigenvalue weighted by Gasteiger charge is 2.31. The van der Waals surface area contributed by atoms with Gasteiger partial charge in [-0.2, -0.15) is 0 Å². The Morgan fingerprint density at radius 2 is 2.08 bits per heavy atom. The summed E-state index contributed by atoms with van der Waals surface area (Å²) >= 11 is 1.37. The van der Waals surface area contributed by atoms with E-state index < -0.39 is 0 Å². The number of amidine groups is 1. The molecule has 25 heavy (non-hydrogen) atoms. The van der Waals surface area contributed by atoms with Gasteiger partial charge >= 0.3 is 0 Å². The molecule has 0 saturated carbocycles. The van der Waals surface area contributed by atoms with E-state index in [0.29, 0.717) is 16.6 Å². The third-order valence-electron chi connectivity index (χ3n) is 3.55. The van der Waals surface area contributed by atoms with Gasteiger partial charge in [-0.3, -0.25) is 9.69 Å². The molecule has 3 rings (SSSR count). The molecule has 0 unspecified atom stereocenters. The summed E-state index contributed by atoms with van der Waals surface area (Å²) in [5.41, 5.74) is 0.780. The minimum Gasteiger partial charge on any atom is -0.497 e. The quantitative estimate of drug-likeness (QED) is 0.744. The number of likely N-dealkylation sites (N-methyl/N-ethyl adjacent to an activating group) is 1. The number of carbonyl (C=O) groups excluding carboxylic acids is 1. The monoisotopic (exact) mass is 354 g/mol. The second-order valence-corrected chi connectivity index (χ2v) is 6.16. The van der Waals surface area contributed by atoms with Gasteiger partial charge in [0.25, 0.3) is 5.91 Å². The molecule has 1 aromatic heterocycles. The van der Waals surface area contributed by atoms with E-state index in [1.54, 1.807) is 24.3 Å². The minimum atomic E-state index is -0.0381. The molecule has 1 amide bonds. The third kappa shape index (κ3) is 4.03. The Labute approximate surface area is 150 Å². The molecule has 0 radical (unpaired) electrons. The van der Waals surface area contributed by atoms with Crippen LogP contribution < -0.4 is 4.74 Å². The molecule has 1 fully saturated rings. The number of benzene rings is 1. The number of allylic oxidation sites excluding steroid dienone is 2. The van der Waals surface area contributed by atoms with Gasteiger partial charge in [0.2, 0.25) is 0 Å². The van der Waals surface area contributed by atoms with Crippen LogP contribution in [0.2, 0.25) is 0 Å². The number of methoxy groups -OCH3 is 1. The van der Waals surface area contributed by atoms with Crippen molar-refractivity contribution in [3.8, 4) is 5.75 Å². The number of carbonyl (C=O) groups is 1. The first kappa shape index (κ1) is 17.1. The van der Waals surface area contributed by atoms with Crippen LogP contribution >= 0.6 is 11.8 Å². The first-order chi connectivity index (χ1) is 12.2. The summed E-state index contributed by atoms with van der Waals surface area (Å²) in [6, 6.07) is 11.1. The SMILES string of the molecule is CCN1C(=O)/C(=C\C=C\c2ccco2)SC1=Nc1ccc(OC)cc1. The summed E-state index contributed by atoms with van der Waals surface area (Å²) < 4.78 is 10.4. The lowest BCUT2D eigenvalue weighted by atomic mass is 10.3. The van der Waals surface area contributed by atoms with Crippen molar-refractivity contribution >= 4 is 34.6 Å². The number of thioether (sulfide) groups is 1. The Kier molecular flexibility index (Phi) is 5.40. The highest BCUT2D eigenvalue weighted by molar-refractivity contribution is 8.18. The largest absolute Gasteiger partial charge is 0.497 e. The molecular weight excluding hydrogens is 336 g/mol. The number of amides is 1. The summed E-state index contributed by atoms with van der Waals surface area (Å²) in [6.45, 7) is 2.50. The lowest BCUT2D eigenvalue weighted by molar-refractivity contribution is -0.122. The van der Waals surface area contributed by atoms with Crippen molar-refractivity contribution in [1.82, 2.24) is 4.90 Å². The molecule has 0 atom stereocenters. The van der Waals surface area contributed by atoms with Crippen LogP contribution in [-0.2, 0) is 4.79 Å². The molecule has 2 heterocycles. The molecule has 0 spiro atoms. The fourth-order valence-electron chi connectivity index (χ4n) is 2.27. The van der Waals surface area contributed by atoms with E-state index >= 15 is 0 Å². The maximum absolute atomic E-state index is 12.5. The zero-order valence-electron chi connectivity index (χ0n) is 14.0. The molecule has 0 aliphatic carbocycles. The van der Waals surface area contributed by atoms with Gasteiger partial charge in [-0.15, -0.1) is 0 Å². The molecular formula is C19H18N2O3S. The first-order valence-electron chi connectivity index (χ1n) is 7.85. The number of furan rings is 1. The molecule has 6 heteroatoms. The average molecular weight is 354 g/mol. The van der Waals surface area contributed by atoms with Gasteiger partial charge in [-0.05, 0) is 67.2 Å². The van der Waals surface area contributed by atoms with E-state index in [1.165, 1.54) is 11.8 Å². The normalized spacial score (nSPS) is 18.0. The van der Waals surface area contributed by atoms with Crippen molar-refractivity contribution in [3.05, 3.63) is 65.5 Å². The molecule has 0 N–H and O–H groups in total. The standard InChI is InChI=1S/C19H18N2O3S/c1-3-21-18(22)17(8-4-6-16-7-5-13-24-16)25-19(21)20-14-9-11-15(23-2)12-10-14/h4-13H,3H2,1-2H3/b6-4+,17-8+,20-19?. The van der Waals surface area contributed by atoms with E-state index in [0.717, 1.165) is 17.2 Å². The van der Waals surface area contributed by atoms with Crippen molar-refractivity contribution in [3.63, 3.8) is 0 Å². The van der Waals surface area contributed by atoms with E-state index in [1.807, 2.05) is 55.5 Å². The van der Waals surface area contributed by atoms with Gasteiger partial charge < -0.3 is 9.15 Å². The number of rotatable bonds is 5. The average Bonchev–Trinajstić information content (AvgIpc) is 3.24. The highest BCUT2D eigenvalue weighted by Crippen LogP contribution is 2.33. The highest BCUT2D eigenvalue weighted by atomic mass is 32.2. The predicted octanol–water partition coefficient (Wildman–Crippen LogP) is 4.47. The predicted molar refractivity (Wildman–Crippen MR) is 101 cm³/mol. The maximum atomic E-state index is 12.5. The fourth-order valence-corrected chi connectivity index (χ4v) is 3.28. The number of ether oxygens (including phenoxy) is 1. The van der Waals surface area contributed by atoms with Gasteiger partial charge in [0.05, 0.1) is 24.0 Å². The van der Waals surface area contributed by atoms with Crippen LogP contribution in [0.5, 0.6) is 5.75 Å².